The Labute approximate surface area is 120 Å². The van der Waals surface area contributed by atoms with Crippen LogP contribution in [0.5, 0.6) is 0 Å². The van der Waals surface area contributed by atoms with Crippen LogP contribution in [0.3, 0.4) is 0 Å². The first kappa shape index (κ1) is 15.3. The molecule has 1 saturated heterocycles. The lowest BCUT2D eigenvalue weighted by atomic mass is 9.77. The maximum Gasteiger partial charge on any atom is 0.0223 e. The van der Waals surface area contributed by atoms with Gasteiger partial charge < -0.3 is 10.2 Å². The SMILES string of the molecule is CCNC(CN1CCCC(C(C)(C)C)CC1)C1CC1. The van der Waals surface area contributed by atoms with Crippen molar-refractivity contribution in [2.24, 2.45) is 17.3 Å². The summed E-state index contributed by atoms with van der Waals surface area (Å²) in [5.41, 5.74) is 0.494. The van der Waals surface area contributed by atoms with Crippen molar-refractivity contribution in [2.75, 3.05) is 26.2 Å². The van der Waals surface area contributed by atoms with Gasteiger partial charge >= 0.3 is 0 Å². The molecule has 0 aromatic rings. The average molecular weight is 266 g/mol. The third kappa shape index (κ3) is 4.75. The summed E-state index contributed by atoms with van der Waals surface area (Å²) in [6, 6.07) is 0.760. The highest BCUT2D eigenvalue weighted by molar-refractivity contribution is 4.89. The Kier molecular flexibility index (Phi) is 5.30. The van der Waals surface area contributed by atoms with Crippen LogP contribution >= 0.6 is 0 Å². The van der Waals surface area contributed by atoms with Gasteiger partial charge in [-0.25, -0.2) is 0 Å². The van der Waals surface area contributed by atoms with E-state index in [1.165, 1.54) is 51.7 Å². The number of likely N-dealkylation sites (tertiary alicyclic amines) is 1. The Balaban J connectivity index is 1.81. The predicted octanol–water partition coefficient (Wildman–Crippen LogP) is 3.52. The first-order valence-corrected chi connectivity index (χ1v) is 8.46. The van der Waals surface area contributed by atoms with Gasteiger partial charge in [-0.05, 0) is 69.0 Å². The fraction of sp³-hybridized carbons (Fsp3) is 1.00. The molecule has 2 fully saturated rings. The maximum atomic E-state index is 3.71. The second kappa shape index (κ2) is 6.58. The van der Waals surface area contributed by atoms with Crippen molar-refractivity contribution in [2.45, 2.75) is 65.8 Å². The molecular weight excluding hydrogens is 232 g/mol. The first-order valence-electron chi connectivity index (χ1n) is 8.46. The quantitative estimate of drug-likeness (QED) is 0.819. The molecule has 1 aliphatic carbocycles. The molecule has 0 bridgehead atoms. The van der Waals surface area contributed by atoms with E-state index in [9.17, 15) is 0 Å². The minimum Gasteiger partial charge on any atom is -0.313 e. The minimum atomic E-state index is 0.494. The summed E-state index contributed by atoms with van der Waals surface area (Å²) in [5, 5.41) is 3.71. The summed E-state index contributed by atoms with van der Waals surface area (Å²) in [5.74, 6) is 1.89. The van der Waals surface area contributed by atoms with E-state index < -0.39 is 0 Å². The fourth-order valence-electron chi connectivity index (χ4n) is 3.62. The molecule has 2 unspecified atom stereocenters. The molecule has 1 aliphatic heterocycles. The average Bonchev–Trinajstić information content (AvgIpc) is 3.14. The van der Waals surface area contributed by atoms with E-state index in [1.807, 2.05) is 0 Å². The number of likely N-dealkylation sites (N-methyl/N-ethyl adjacent to an activating group) is 1. The fourth-order valence-corrected chi connectivity index (χ4v) is 3.62. The Hall–Kier alpha value is -0.0800. The van der Waals surface area contributed by atoms with Crippen LogP contribution < -0.4 is 5.32 Å². The minimum absolute atomic E-state index is 0.494. The second-order valence-corrected chi connectivity index (χ2v) is 7.80. The zero-order valence-electron chi connectivity index (χ0n) is 13.5. The summed E-state index contributed by atoms with van der Waals surface area (Å²) in [7, 11) is 0. The van der Waals surface area contributed by atoms with Crippen LogP contribution in [-0.4, -0.2) is 37.1 Å². The molecule has 0 amide bonds. The van der Waals surface area contributed by atoms with Gasteiger partial charge in [0.1, 0.15) is 0 Å². The standard InChI is InChI=1S/C17H34N2/c1-5-18-16(14-8-9-14)13-19-11-6-7-15(10-12-19)17(2,3)4/h14-16,18H,5-13H2,1-4H3. The van der Waals surface area contributed by atoms with Crippen LogP contribution in [0.1, 0.15) is 59.8 Å². The Morgan fingerprint density at radius 2 is 1.84 bits per heavy atom. The van der Waals surface area contributed by atoms with Crippen molar-refractivity contribution >= 4 is 0 Å². The van der Waals surface area contributed by atoms with Crippen LogP contribution in [0, 0.1) is 17.3 Å². The monoisotopic (exact) mass is 266 g/mol. The lowest BCUT2D eigenvalue weighted by Gasteiger charge is -2.30. The third-order valence-electron chi connectivity index (χ3n) is 5.16. The van der Waals surface area contributed by atoms with Gasteiger partial charge in [0.2, 0.25) is 0 Å². The number of rotatable bonds is 5. The molecule has 2 nitrogen and oxygen atoms in total. The molecule has 2 heteroatoms. The van der Waals surface area contributed by atoms with E-state index >= 15 is 0 Å². The molecular formula is C17H34N2. The first-order chi connectivity index (χ1) is 9.00. The zero-order valence-corrected chi connectivity index (χ0v) is 13.5. The van der Waals surface area contributed by atoms with Gasteiger partial charge in [-0.2, -0.15) is 0 Å². The van der Waals surface area contributed by atoms with Crippen LogP contribution in [0.4, 0.5) is 0 Å². The van der Waals surface area contributed by atoms with Gasteiger partial charge in [0.15, 0.2) is 0 Å². The van der Waals surface area contributed by atoms with E-state index in [4.69, 9.17) is 0 Å². The zero-order chi connectivity index (χ0) is 13.9. The molecule has 2 rings (SSSR count). The molecule has 0 aromatic heterocycles. The molecule has 1 heterocycles. The van der Waals surface area contributed by atoms with E-state index in [-0.39, 0.29) is 0 Å². The van der Waals surface area contributed by atoms with Crippen molar-refractivity contribution < 1.29 is 0 Å². The summed E-state index contributed by atoms with van der Waals surface area (Å²) in [6.07, 6.45) is 7.13. The number of nitrogens with one attached hydrogen (secondary N) is 1. The van der Waals surface area contributed by atoms with Gasteiger partial charge in [-0.3, -0.25) is 0 Å². The van der Waals surface area contributed by atoms with Crippen molar-refractivity contribution in [1.29, 1.82) is 0 Å². The summed E-state index contributed by atoms with van der Waals surface area (Å²) in [4.78, 5) is 2.73. The summed E-state index contributed by atoms with van der Waals surface area (Å²) in [6.45, 7) is 14.5. The molecule has 2 aliphatic rings. The third-order valence-corrected chi connectivity index (χ3v) is 5.16. The molecule has 112 valence electrons. The van der Waals surface area contributed by atoms with E-state index in [0.29, 0.717) is 5.41 Å². The van der Waals surface area contributed by atoms with Crippen molar-refractivity contribution in [1.82, 2.24) is 10.2 Å². The van der Waals surface area contributed by atoms with Crippen molar-refractivity contribution in [3.8, 4) is 0 Å². The summed E-state index contributed by atoms with van der Waals surface area (Å²) >= 11 is 0. The van der Waals surface area contributed by atoms with Crippen molar-refractivity contribution in [3.05, 3.63) is 0 Å². The highest BCUT2D eigenvalue weighted by atomic mass is 15.2. The lowest BCUT2D eigenvalue weighted by Crippen LogP contribution is -2.43. The molecule has 0 radical (unpaired) electrons. The maximum absolute atomic E-state index is 3.71. The van der Waals surface area contributed by atoms with Crippen LogP contribution in [0.15, 0.2) is 0 Å². The molecule has 1 N–H and O–H groups in total. The Morgan fingerprint density at radius 3 is 2.42 bits per heavy atom. The van der Waals surface area contributed by atoms with Gasteiger partial charge in [0.05, 0.1) is 0 Å². The van der Waals surface area contributed by atoms with E-state index in [1.54, 1.807) is 0 Å². The summed E-state index contributed by atoms with van der Waals surface area (Å²) < 4.78 is 0. The Bertz CT molecular complexity index is 265. The van der Waals surface area contributed by atoms with Gasteiger partial charge in [0, 0.05) is 12.6 Å². The number of hydrogen-bond acceptors (Lipinski definition) is 2. The normalized spacial score (nSPS) is 28.1. The molecule has 0 spiro atoms. The van der Waals surface area contributed by atoms with Gasteiger partial charge in [-0.15, -0.1) is 0 Å². The van der Waals surface area contributed by atoms with Crippen molar-refractivity contribution in [3.63, 3.8) is 0 Å². The van der Waals surface area contributed by atoms with Crippen LogP contribution in [0.25, 0.3) is 0 Å². The van der Waals surface area contributed by atoms with Crippen LogP contribution in [0.2, 0.25) is 0 Å². The highest BCUT2D eigenvalue weighted by Gasteiger charge is 2.33. The van der Waals surface area contributed by atoms with E-state index in [0.717, 1.165) is 24.4 Å². The van der Waals surface area contributed by atoms with Gasteiger partial charge in [-0.1, -0.05) is 27.7 Å². The molecule has 2 atom stereocenters. The molecule has 1 saturated carbocycles. The number of nitrogens with zero attached hydrogens (tertiary/aromatic N) is 1. The second-order valence-electron chi connectivity index (χ2n) is 7.80. The Morgan fingerprint density at radius 1 is 1.11 bits per heavy atom. The van der Waals surface area contributed by atoms with Gasteiger partial charge in [0.25, 0.3) is 0 Å². The smallest absolute Gasteiger partial charge is 0.0223 e. The lowest BCUT2D eigenvalue weighted by molar-refractivity contribution is 0.200. The highest BCUT2D eigenvalue weighted by Crippen LogP contribution is 2.36. The predicted molar refractivity (Wildman–Crippen MR) is 83.4 cm³/mol. The van der Waals surface area contributed by atoms with Crippen LogP contribution in [-0.2, 0) is 0 Å². The largest absolute Gasteiger partial charge is 0.313 e. The number of hydrogen-bond donors (Lipinski definition) is 1. The molecule has 19 heavy (non-hydrogen) atoms. The molecule has 0 aromatic carbocycles. The van der Waals surface area contributed by atoms with E-state index in [2.05, 4.69) is 37.9 Å². The topological polar surface area (TPSA) is 15.3 Å².